The van der Waals surface area contributed by atoms with E-state index in [-0.39, 0.29) is 6.10 Å². The second-order valence-electron chi connectivity index (χ2n) is 5.40. The zero-order chi connectivity index (χ0) is 15.5. The average Bonchev–Trinajstić information content (AvgIpc) is 3.14. The number of aryl methyl sites for hydroxylation is 1. The maximum atomic E-state index is 11.4. The van der Waals surface area contributed by atoms with Crippen LogP contribution in [0.2, 0.25) is 0 Å². The fraction of sp³-hybridized carbons (Fsp3) is 0.353. The zero-order valence-electron chi connectivity index (χ0n) is 12.4. The summed E-state index contributed by atoms with van der Waals surface area (Å²) < 4.78 is 11.1. The molecule has 1 atom stereocenters. The van der Waals surface area contributed by atoms with Gasteiger partial charge in [-0.1, -0.05) is 18.2 Å². The molecule has 1 aromatic heterocycles. The minimum absolute atomic E-state index is 0.169. The molecule has 22 heavy (non-hydrogen) atoms. The molecule has 2 heterocycles. The van der Waals surface area contributed by atoms with Crippen molar-refractivity contribution in [3.8, 4) is 10.4 Å². The van der Waals surface area contributed by atoms with Crippen molar-refractivity contribution in [2.45, 2.75) is 26.1 Å². The van der Waals surface area contributed by atoms with E-state index in [0.29, 0.717) is 18.8 Å². The first kappa shape index (κ1) is 15.2. The van der Waals surface area contributed by atoms with E-state index in [9.17, 15) is 9.90 Å². The van der Waals surface area contributed by atoms with Crippen LogP contribution in [-0.2, 0) is 16.1 Å². The molecule has 1 aromatic carbocycles. The molecule has 0 saturated carbocycles. The monoisotopic (exact) mass is 318 g/mol. The molecule has 1 saturated heterocycles. The first-order valence-corrected chi connectivity index (χ1v) is 8.07. The van der Waals surface area contributed by atoms with Crippen molar-refractivity contribution in [1.29, 1.82) is 0 Å². The van der Waals surface area contributed by atoms with Crippen LogP contribution in [0.5, 0.6) is 0 Å². The van der Waals surface area contributed by atoms with Crippen LogP contribution < -0.4 is 0 Å². The number of ether oxygens (including phenoxy) is 2. The number of hydrogen-bond donors (Lipinski definition) is 1. The molecule has 5 heteroatoms. The maximum Gasteiger partial charge on any atom is 0.337 e. The Bertz CT molecular complexity index is 671. The smallest absolute Gasteiger partial charge is 0.337 e. The first-order valence-electron chi connectivity index (χ1n) is 7.26. The number of thiophene rings is 1. The third-order valence-corrected chi connectivity index (χ3v) is 4.75. The predicted octanol–water partition coefficient (Wildman–Crippen LogP) is 3.73. The Hall–Kier alpha value is -1.69. The van der Waals surface area contributed by atoms with E-state index in [4.69, 9.17) is 9.47 Å². The van der Waals surface area contributed by atoms with Crippen molar-refractivity contribution in [2.75, 3.05) is 13.2 Å². The Labute approximate surface area is 133 Å². The van der Waals surface area contributed by atoms with Gasteiger partial charge in [0.1, 0.15) is 0 Å². The molecule has 1 aliphatic heterocycles. The molecule has 3 rings (SSSR count). The highest BCUT2D eigenvalue weighted by molar-refractivity contribution is 7.15. The Kier molecular flexibility index (Phi) is 4.57. The minimum Gasteiger partial charge on any atom is -0.478 e. The van der Waals surface area contributed by atoms with Crippen LogP contribution >= 0.6 is 11.3 Å². The van der Waals surface area contributed by atoms with Crippen LogP contribution in [0.4, 0.5) is 0 Å². The fourth-order valence-corrected chi connectivity index (χ4v) is 3.55. The lowest BCUT2D eigenvalue weighted by Gasteiger charge is -2.10. The largest absolute Gasteiger partial charge is 0.478 e. The van der Waals surface area contributed by atoms with Crippen molar-refractivity contribution in [2.24, 2.45) is 0 Å². The van der Waals surface area contributed by atoms with Gasteiger partial charge in [-0.3, -0.25) is 0 Å². The molecule has 2 aromatic rings. The molecular formula is C17H18O4S. The lowest BCUT2D eigenvalue weighted by atomic mass is 10.1. The molecule has 0 spiro atoms. The van der Waals surface area contributed by atoms with E-state index in [2.05, 4.69) is 0 Å². The summed E-state index contributed by atoms with van der Waals surface area (Å²) in [4.78, 5) is 13.2. The Morgan fingerprint density at radius 3 is 3.05 bits per heavy atom. The number of hydrogen-bond acceptors (Lipinski definition) is 4. The summed E-state index contributed by atoms with van der Waals surface area (Å²) in [7, 11) is 0. The number of benzene rings is 1. The highest BCUT2D eigenvalue weighted by Gasteiger charge is 2.17. The fourth-order valence-electron chi connectivity index (χ4n) is 2.55. The number of carbonyl (C=O) groups is 1. The van der Waals surface area contributed by atoms with Gasteiger partial charge in [-0.05, 0) is 36.6 Å². The SMILES string of the molecule is Cc1cc(C(=O)O)c(-c2cccc(COC3CCOC3)c2)s1. The molecule has 4 nitrogen and oxygen atoms in total. The average molecular weight is 318 g/mol. The summed E-state index contributed by atoms with van der Waals surface area (Å²) in [5.41, 5.74) is 2.34. The van der Waals surface area contributed by atoms with Crippen LogP contribution in [0, 0.1) is 6.92 Å². The molecule has 1 fully saturated rings. The quantitative estimate of drug-likeness (QED) is 0.912. The molecule has 1 aliphatic rings. The topological polar surface area (TPSA) is 55.8 Å². The maximum absolute atomic E-state index is 11.4. The van der Waals surface area contributed by atoms with E-state index < -0.39 is 5.97 Å². The van der Waals surface area contributed by atoms with E-state index in [1.54, 1.807) is 6.07 Å². The standard InChI is InChI=1S/C17H18O4S/c1-11-7-15(17(18)19)16(22-11)13-4-2-3-12(8-13)9-21-14-5-6-20-10-14/h2-4,7-8,14H,5-6,9-10H2,1H3,(H,18,19). The molecule has 0 amide bonds. The van der Waals surface area contributed by atoms with Crippen molar-refractivity contribution in [3.05, 3.63) is 46.3 Å². The lowest BCUT2D eigenvalue weighted by molar-refractivity contribution is 0.0318. The predicted molar refractivity (Wildman–Crippen MR) is 85.5 cm³/mol. The summed E-state index contributed by atoms with van der Waals surface area (Å²) in [5, 5.41) is 9.32. The van der Waals surface area contributed by atoms with Crippen LogP contribution in [0.25, 0.3) is 10.4 Å². The summed E-state index contributed by atoms with van der Waals surface area (Å²) in [6.45, 7) is 3.87. The van der Waals surface area contributed by atoms with Crippen molar-refractivity contribution in [3.63, 3.8) is 0 Å². The van der Waals surface area contributed by atoms with Crippen LogP contribution in [0.1, 0.15) is 27.2 Å². The van der Waals surface area contributed by atoms with Gasteiger partial charge in [0.2, 0.25) is 0 Å². The zero-order valence-corrected chi connectivity index (χ0v) is 13.2. The second kappa shape index (κ2) is 6.60. The van der Waals surface area contributed by atoms with Gasteiger partial charge < -0.3 is 14.6 Å². The Balaban J connectivity index is 1.80. The van der Waals surface area contributed by atoms with Crippen molar-refractivity contribution < 1.29 is 19.4 Å². The highest BCUT2D eigenvalue weighted by Crippen LogP contribution is 2.33. The number of aromatic carboxylic acids is 1. The van der Waals surface area contributed by atoms with Gasteiger partial charge in [-0.25, -0.2) is 4.79 Å². The minimum atomic E-state index is -0.885. The van der Waals surface area contributed by atoms with Gasteiger partial charge in [-0.15, -0.1) is 11.3 Å². The summed E-state index contributed by atoms with van der Waals surface area (Å²) >= 11 is 1.51. The third-order valence-electron chi connectivity index (χ3n) is 3.65. The number of rotatable bonds is 5. The van der Waals surface area contributed by atoms with Crippen LogP contribution in [0.3, 0.4) is 0 Å². The van der Waals surface area contributed by atoms with E-state index >= 15 is 0 Å². The Morgan fingerprint density at radius 2 is 2.32 bits per heavy atom. The molecule has 116 valence electrons. The van der Waals surface area contributed by atoms with Gasteiger partial charge in [0.05, 0.1) is 24.9 Å². The molecule has 0 bridgehead atoms. The van der Waals surface area contributed by atoms with Gasteiger partial charge in [0.25, 0.3) is 0 Å². The molecule has 0 aliphatic carbocycles. The van der Waals surface area contributed by atoms with Crippen LogP contribution in [0.15, 0.2) is 30.3 Å². The van der Waals surface area contributed by atoms with Crippen molar-refractivity contribution >= 4 is 17.3 Å². The van der Waals surface area contributed by atoms with E-state index in [1.807, 2.05) is 31.2 Å². The second-order valence-corrected chi connectivity index (χ2v) is 6.66. The third kappa shape index (κ3) is 3.38. The molecule has 1 unspecified atom stereocenters. The van der Waals surface area contributed by atoms with Crippen LogP contribution in [-0.4, -0.2) is 30.4 Å². The van der Waals surface area contributed by atoms with Gasteiger partial charge in [0, 0.05) is 16.4 Å². The summed E-state index contributed by atoms with van der Waals surface area (Å²) in [6, 6.07) is 9.62. The normalized spacial score (nSPS) is 17.8. The summed E-state index contributed by atoms with van der Waals surface area (Å²) in [5.74, 6) is -0.885. The van der Waals surface area contributed by atoms with Crippen molar-refractivity contribution in [1.82, 2.24) is 0 Å². The molecular weight excluding hydrogens is 300 g/mol. The number of carboxylic acid groups (broad SMARTS) is 1. The van der Waals surface area contributed by atoms with Gasteiger partial charge >= 0.3 is 5.97 Å². The first-order chi connectivity index (χ1) is 10.6. The van der Waals surface area contributed by atoms with Gasteiger partial charge in [-0.2, -0.15) is 0 Å². The lowest BCUT2D eigenvalue weighted by Crippen LogP contribution is -2.11. The Morgan fingerprint density at radius 1 is 1.45 bits per heavy atom. The van der Waals surface area contributed by atoms with Gasteiger partial charge in [0.15, 0.2) is 0 Å². The molecule has 1 N–H and O–H groups in total. The summed E-state index contributed by atoms with van der Waals surface area (Å²) in [6.07, 6.45) is 1.11. The number of carboxylic acids is 1. The van der Waals surface area contributed by atoms with E-state index in [1.165, 1.54) is 11.3 Å². The molecule has 0 radical (unpaired) electrons. The van der Waals surface area contributed by atoms with E-state index in [0.717, 1.165) is 33.9 Å². The highest BCUT2D eigenvalue weighted by atomic mass is 32.1.